The van der Waals surface area contributed by atoms with Gasteiger partial charge in [0.25, 0.3) is 11.5 Å². The zero-order valence-corrected chi connectivity index (χ0v) is 16.8. The van der Waals surface area contributed by atoms with Crippen molar-refractivity contribution in [3.05, 3.63) is 63.8 Å². The monoisotopic (exact) mass is 385 g/mol. The maximum atomic E-state index is 14.0. The third kappa shape index (κ3) is 4.26. The van der Waals surface area contributed by atoms with E-state index in [1.165, 1.54) is 6.07 Å². The first kappa shape index (κ1) is 20.1. The number of para-hydroxylation sites is 1. The quantitative estimate of drug-likeness (QED) is 0.793. The van der Waals surface area contributed by atoms with Crippen LogP contribution < -0.4 is 10.5 Å². The maximum Gasteiger partial charge on any atom is 0.263 e. The molecule has 1 aliphatic rings. The van der Waals surface area contributed by atoms with Gasteiger partial charge in [0.05, 0.1) is 5.69 Å². The number of benzene rings is 1. The second-order valence-electron chi connectivity index (χ2n) is 7.79. The van der Waals surface area contributed by atoms with Gasteiger partial charge in [0.15, 0.2) is 0 Å². The molecular weight excluding hydrogens is 357 g/mol. The van der Waals surface area contributed by atoms with Crippen LogP contribution in [0.5, 0.6) is 0 Å². The lowest BCUT2D eigenvalue weighted by molar-refractivity contribution is 0.0743. The van der Waals surface area contributed by atoms with Gasteiger partial charge in [0.2, 0.25) is 0 Å². The standard InChI is InChI=1S/C22H28FN3O2/c1-16(2)8-10-25-11-9-17(3)20(21(25)27)22(28)26-14-12-24(13-15-26)19-7-5-4-6-18(19)23/h4-7,9,11,16H,8,10,12-15H2,1-3H3. The predicted molar refractivity (Wildman–Crippen MR) is 109 cm³/mol. The number of aryl methyl sites for hydroxylation is 2. The highest BCUT2D eigenvalue weighted by molar-refractivity contribution is 5.95. The second-order valence-corrected chi connectivity index (χ2v) is 7.79. The Kier molecular flexibility index (Phi) is 6.17. The van der Waals surface area contributed by atoms with Crippen LogP contribution in [0, 0.1) is 18.7 Å². The Morgan fingerprint density at radius 3 is 2.43 bits per heavy atom. The van der Waals surface area contributed by atoms with Crippen molar-refractivity contribution in [1.82, 2.24) is 9.47 Å². The summed E-state index contributed by atoms with van der Waals surface area (Å²) < 4.78 is 15.6. The maximum absolute atomic E-state index is 14.0. The van der Waals surface area contributed by atoms with Gasteiger partial charge in [0, 0.05) is 38.9 Å². The number of nitrogens with zero attached hydrogens (tertiary/aromatic N) is 3. The van der Waals surface area contributed by atoms with E-state index in [9.17, 15) is 14.0 Å². The Labute approximate surface area is 165 Å². The summed E-state index contributed by atoms with van der Waals surface area (Å²) in [5, 5.41) is 0. The molecule has 0 aliphatic carbocycles. The molecule has 6 heteroatoms. The summed E-state index contributed by atoms with van der Waals surface area (Å²) in [5.74, 6) is 0.00242. The van der Waals surface area contributed by atoms with Crippen LogP contribution in [-0.4, -0.2) is 41.6 Å². The lowest BCUT2D eigenvalue weighted by Crippen LogP contribution is -2.50. The number of amides is 1. The van der Waals surface area contributed by atoms with E-state index < -0.39 is 0 Å². The average molecular weight is 385 g/mol. The number of aromatic nitrogens is 1. The van der Waals surface area contributed by atoms with Gasteiger partial charge < -0.3 is 14.4 Å². The van der Waals surface area contributed by atoms with E-state index in [2.05, 4.69) is 13.8 Å². The molecule has 2 aromatic rings. The van der Waals surface area contributed by atoms with Crippen molar-refractivity contribution in [2.45, 2.75) is 33.7 Å². The zero-order valence-electron chi connectivity index (χ0n) is 16.8. The summed E-state index contributed by atoms with van der Waals surface area (Å²) in [4.78, 5) is 29.6. The largest absolute Gasteiger partial charge is 0.366 e. The molecular formula is C22H28FN3O2. The molecule has 0 radical (unpaired) electrons. The van der Waals surface area contributed by atoms with Gasteiger partial charge in [0.1, 0.15) is 11.4 Å². The van der Waals surface area contributed by atoms with Gasteiger partial charge in [-0.15, -0.1) is 0 Å². The molecule has 0 bridgehead atoms. The van der Waals surface area contributed by atoms with Crippen LogP contribution in [0.4, 0.5) is 10.1 Å². The molecule has 1 aromatic heterocycles. The number of piperazine rings is 1. The van der Waals surface area contributed by atoms with Gasteiger partial charge in [-0.2, -0.15) is 0 Å². The Morgan fingerprint density at radius 2 is 1.79 bits per heavy atom. The SMILES string of the molecule is Cc1ccn(CCC(C)C)c(=O)c1C(=O)N1CCN(c2ccccc2F)CC1. The Morgan fingerprint density at radius 1 is 1.11 bits per heavy atom. The molecule has 1 amide bonds. The van der Waals surface area contributed by atoms with Crippen molar-refractivity contribution in [2.75, 3.05) is 31.1 Å². The van der Waals surface area contributed by atoms with Gasteiger partial charge in [-0.1, -0.05) is 26.0 Å². The van der Waals surface area contributed by atoms with E-state index in [1.807, 2.05) is 17.0 Å². The molecule has 28 heavy (non-hydrogen) atoms. The minimum Gasteiger partial charge on any atom is -0.366 e. The first-order valence-electron chi connectivity index (χ1n) is 9.87. The molecule has 1 fully saturated rings. The molecule has 2 heterocycles. The predicted octanol–water partition coefficient (Wildman–Crippen LogP) is 3.30. The second kappa shape index (κ2) is 8.59. The molecule has 1 saturated heterocycles. The highest BCUT2D eigenvalue weighted by atomic mass is 19.1. The van der Waals surface area contributed by atoms with E-state index in [0.29, 0.717) is 49.9 Å². The van der Waals surface area contributed by atoms with Crippen molar-refractivity contribution < 1.29 is 9.18 Å². The number of hydrogen-bond donors (Lipinski definition) is 0. The van der Waals surface area contributed by atoms with E-state index in [-0.39, 0.29) is 22.8 Å². The highest BCUT2D eigenvalue weighted by Gasteiger charge is 2.26. The van der Waals surface area contributed by atoms with Crippen molar-refractivity contribution >= 4 is 11.6 Å². The first-order valence-corrected chi connectivity index (χ1v) is 9.87. The number of hydrogen-bond acceptors (Lipinski definition) is 3. The Bertz CT molecular complexity index is 899. The van der Waals surface area contributed by atoms with Gasteiger partial charge in [-0.3, -0.25) is 9.59 Å². The summed E-state index contributed by atoms with van der Waals surface area (Å²) in [6.45, 7) is 8.65. The van der Waals surface area contributed by atoms with Crippen molar-refractivity contribution in [3.63, 3.8) is 0 Å². The summed E-state index contributed by atoms with van der Waals surface area (Å²) in [6.07, 6.45) is 2.66. The number of rotatable bonds is 5. The van der Waals surface area contributed by atoms with Gasteiger partial charge in [-0.05, 0) is 43.0 Å². The number of carbonyl (C=O) groups excluding carboxylic acids is 1. The van der Waals surface area contributed by atoms with Crippen molar-refractivity contribution in [2.24, 2.45) is 5.92 Å². The molecule has 3 rings (SSSR count). The Hall–Kier alpha value is -2.63. The van der Waals surface area contributed by atoms with Crippen molar-refractivity contribution in [1.29, 1.82) is 0 Å². The topological polar surface area (TPSA) is 45.6 Å². The summed E-state index contributed by atoms with van der Waals surface area (Å²) >= 11 is 0. The first-order chi connectivity index (χ1) is 13.4. The van der Waals surface area contributed by atoms with Crippen LogP contribution in [-0.2, 0) is 6.54 Å². The van der Waals surface area contributed by atoms with Gasteiger partial charge >= 0.3 is 0 Å². The van der Waals surface area contributed by atoms with E-state index in [1.54, 1.807) is 34.7 Å². The molecule has 0 unspecified atom stereocenters. The lowest BCUT2D eigenvalue weighted by atomic mass is 10.1. The number of pyridine rings is 1. The third-order valence-electron chi connectivity index (χ3n) is 5.29. The van der Waals surface area contributed by atoms with Crippen LogP contribution in [0.2, 0.25) is 0 Å². The highest BCUT2D eigenvalue weighted by Crippen LogP contribution is 2.21. The molecule has 0 spiro atoms. The third-order valence-corrected chi connectivity index (χ3v) is 5.29. The Balaban J connectivity index is 1.74. The number of carbonyl (C=O) groups is 1. The van der Waals surface area contributed by atoms with Crippen LogP contribution in [0.1, 0.15) is 36.2 Å². The number of anilines is 1. The summed E-state index contributed by atoms with van der Waals surface area (Å²) in [5.41, 5.74) is 1.29. The minimum atomic E-state index is -0.255. The lowest BCUT2D eigenvalue weighted by Gasteiger charge is -2.36. The number of halogens is 1. The normalized spacial score (nSPS) is 14.6. The molecule has 150 valence electrons. The van der Waals surface area contributed by atoms with Crippen LogP contribution >= 0.6 is 0 Å². The smallest absolute Gasteiger partial charge is 0.263 e. The minimum absolute atomic E-state index is 0.220. The zero-order chi connectivity index (χ0) is 20.3. The molecule has 1 aromatic carbocycles. The van der Waals surface area contributed by atoms with E-state index in [4.69, 9.17) is 0 Å². The van der Waals surface area contributed by atoms with Crippen LogP contribution in [0.3, 0.4) is 0 Å². The fourth-order valence-electron chi connectivity index (χ4n) is 3.52. The van der Waals surface area contributed by atoms with Crippen LogP contribution in [0.25, 0.3) is 0 Å². The van der Waals surface area contributed by atoms with Crippen LogP contribution in [0.15, 0.2) is 41.3 Å². The molecule has 0 saturated carbocycles. The van der Waals surface area contributed by atoms with Crippen molar-refractivity contribution in [3.8, 4) is 0 Å². The molecule has 0 atom stereocenters. The average Bonchev–Trinajstić information content (AvgIpc) is 2.68. The fourth-order valence-corrected chi connectivity index (χ4v) is 3.52. The molecule has 5 nitrogen and oxygen atoms in total. The molecule has 0 N–H and O–H groups in total. The molecule has 1 aliphatic heterocycles. The van der Waals surface area contributed by atoms with Gasteiger partial charge in [-0.25, -0.2) is 4.39 Å². The summed E-state index contributed by atoms with van der Waals surface area (Å²) in [6, 6.07) is 8.51. The van der Waals surface area contributed by atoms with E-state index >= 15 is 0 Å². The summed E-state index contributed by atoms with van der Waals surface area (Å²) in [7, 11) is 0. The van der Waals surface area contributed by atoms with E-state index in [0.717, 1.165) is 6.42 Å². The fraction of sp³-hybridized carbons (Fsp3) is 0.455.